The van der Waals surface area contributed by atoms with Crippen LogP contribution in [0.25, 0.3) is 11.3 Å². The van der Waals surface area contributed by atoms with Crippen molar-refractivity contribution in [1.82, 2.24) is 9.97 Å². The van der Waals surface area contributed by atoms with E-state index in [0.29, 0.717) is 10.9 Å². The maximum atomic E-state index is 12.3. The van der Waals surface area contributed by atoms with Gasteiger partial charge in [0.1, 0.15) is 5.75 Å². The summed E-state index contributed by atoms with van der Waals surface area (Å²) in [7, 11) is 0. The van der Waals surface area contributed by atoms with E-state index in [-0.39, 0.29) is 5.91 Å². The number of anilines is 1. The minimum Gasteiger partial charge on any atom is -0.481 e. The summed E-state index contributed by atoms with van der Waals surface area (Å²) in [5.74, 6) is 0.446. The van der Waals surface area contributed by atoms with E-state index in [2.05, 4.69) is 15.3 Å². The lowest BCUT2D eigenvalue weighted by Gasteiger charge is -2.14. The van der Waals surface area contributed by atoms with Crippen LogP contribution in [0.4, 0.5) is 5.13 Å². The Morgan fingerprint density at radius 1 is 1.25 bits per heavy atom. The molecular weight excluding hydrogens is 322 g/mol. The van der Waals surface area contributed by atoms with E-state index < -0.39 is 6.10 Å². The monoisotopic (exact) mass is 339 g/mol. The van der Waals surface area contributed by atoms with Crippen LogP contribution in [0.2, 0.25) is 0 Å². The van der Waals surface area contributed by atoms with Gasteiger partial charge in [0.15, 0.2) is 11.2 Å². The highest BCUT2D eigenvalue weighted by Crippen LogP contribution is 2.24. The molecule has 0 aliphatic carbocycles. The number of nitrogens with one attached hydrogen (secondary N) is 1. The standard InChI is InChI=1S/C18H17N3O2S/c1-12-4-3-5-15(10-12)23-13(2)17(22)21-18-20-16(11-24-18)14-6-8-19-9-7-14/h3-11,13H,1-2H3,(H,20,21,22). The summed E-state index contributed by atoms with van der Waals surface area (Å²) in [5, 5.41) is 5.24. The molecule has 0 fully saturated rings. The molecule has 6 heteroatoms. The first kappa shape index (κ1) is 16.1. The molecule has 0 spiro atoms. The summed E-state index contributed by atoms with van der Waals surface area (Å²) in [5.41, 5.74) is 2.86. The van der Waals surface area contributed by atoms with E-state index in [0.717, 1.165) is 16.8 Å². The highest BCUT2D eigenvalue weighted by atomic mass is 32.1. The molecule has 0 radical (unpaired) electrons. The minimum atomic E-state index is -0.611. The van der Waals surface area contributed by atoms with Crippen molar-refractivity contribution in [3.8, 4) is 17.0 Å². The Morgan fingerprint density at radius 2 is 2.04 bits per heavy atom. The molecule has 24 heavy (non-hydrogen) atoms. The zero-order valence-electron chi connectivity index (χ0n) is 13.4. The zero-order chi connectivity index (χ0) is 16.9. The predicted molar refractivity (Wildman–Crippen MR) is 95.2 cm³/mol. The number of amides is 1. The van der Waals surface area contributed by atoms with Crippen molar-refractivity contribution in [3.05, 3.63) is 59.7 Å². The lowest BCUT2D eigenvalue weighted by molar-refractivity contribution is -0.122. The van der Waals surface area contributed by atoms with Crippen LogP contribution in [-0.4, -0.2) is 22.0 Å². The Labute approximate surface area is 144 Å². The van der Waals surface area contributed by atoms with Gasteiger partial charge >= 0.3 is 0 Å². The van der Waals surface area contributed by atoms with Crippen molar-refractivity contribution < 1.29 is 9.53 Å². The maximum absolute atomic E-state index is 12.3. The Hall–Kier alpha value is -2.73. The highest BCUT2D eigenvalue weighted by molar-refractivity contribution is 7.14. The van der Waals surface area contributed by atoms with Crippen LogP contribution in [0.3, 0.4) is 0 Å². The second-order valence-electron chi connectivity index (χ2n) is 5.34. The Kier molecular flexibility index (Phi) is 4.86. The normalized spacial score (nSPS) is 11.8. The number of pyridine rings is 1. The molecule has 1 N–H and O–H groups in total. The van der Waals surface area contributed by atoms with Gasteiger partial charge in [0.25, 0.3) is 5.91 Å². The maximum Gasteiger partial charge on any atom is 0.266 e. The molecule has 2 aromatic heterocycles. The smallest absolute Gasteiger partial charge is 0.266 e. The number of carbonyl (C=O) groups excluding carboxylic acids is 1. The summed E-state index contributed by atoms with van der Waals surface area (Å²) in [6.07, 6.45) is 2.81. The number of ether oxygens (including phenoxy) is 1. The molecule has 1 unspecified atom stereocenters. The number of hydrogen-bond donors (Lipinski definition) is 1. The lowest BCUT2D eigenvalue weighted by atomic mass is 10.2. The molecule has 1 aromatic carbocycles. The number of nitrogens with zero attached hydrogens (tertiary/aromatic N) is 2. The van der Waals surface area contributed by atoms with E-state index in [1.54, 1.807) is 19.3 Å². The summed E-state index contributed by atoms with van der Waals surface area (Å²) < 4.78 is 5.68. The van der Waals surface area contributed by atoms with E-state index >= 15 is 0 Å². The topological polar surface area (TPSA) is 64.1 Å². The van der Waals surface area contributed by atoms with Gasteiger partial charge in [-0.05, 0) is 43.7 Å². The van der Waals surface area contributed by atoms with Gasteiger partial charge in [-0.15, -0.1) is 11.3 Å². The molecule has 1 amide bonds. The van der Waals surface area contributed by atoms with Crippen molar-refractivity contribution in [2.24, 2.45) is 0 Å². The van der Waals surface area contributed by atoms with Gasteiger partial charge in [-0.3, -0.25) is 15.1 Å². The van der Waals surface area contributed by atoms with E-state index in [1.165, 1.54) is 11.3 Å². The Bertz CT molecular complexity index is 833. The van der Waals surface area contributed by atoms with Crippen molar-refractivity contribution in [1.29, 1.82) is 0 Å². The van der Waals surface area contributed by atoms with Crippen LogP contribution >= 0.6 is 11.3 Å². The zero-order valence-corrected chi connectivity index (χ0v) is 14.2. The Morgan fingerprint density at radius 3 is 2.79 bits per heavy atom. The van der Waals surface area contributed by atoms with E-state index in [4.69, 9.17) is 4.74 Å². The lowest BCUT2D eigenvalue weighted by Crippen LogP contribution is -2.30. The second-order valence-corrected chi connectivity index (χ2v) is 6.20. The molecule has 0 aliphatic rings. The van der Waals surface area contributed by atoms with Crippen LogP contribution < -0.4 is 10.1 Å². The summed E-state index contributed by atoms with van der Waals surface area (Å²) in [4.78, 5) is 20.7. The highest BCUT2D eigenvalue weighted by Gasteiger charge is 2.16. The second kappa shape index (κ2) is 7.23. The molecule has 122 valence electrons. The van der Waals surface area contributed by atoms with Crippen LogP contribution in [-0.2, 0) is 4.79 Å². The fourth-order valence-electron chi connectivity index (χ4n) is 2.14. The van der Waals surface area contributed by atoms with Crippen molar-refractivity contribution in [3.63, 3.8) is 0 Å². The molecule has 0 saturated carbocycles. The van der Waals surface area contributed by atoms with Gasteiger partial charge in [-0.25, -0.2) is 4.98 Å². The van der Waals surface area contributed by atoms with E-state index in [9.17, 15) is 4.79 Å². The minimum absolute atomic E-state index is 0.230. The number of benzene rings is 1. The molecule has 2 heterocycles. The fourth-order valence-corrected chi connectivity index (χ4v) is 2.86. The summed E-state index contributed by atoms with van der Waals surface area (Å²) in [6.45, 7) is 3.70. The fraction of sp³-hybridized carbons (Fsp3) is 0.167. The van der Waals surface area contributed by atoms with Crippen molar-refractivity contribution >= 4 is 22.4 Å². The number of thiazole rings is 1. The molecule has 3 rings (SSSR count). The van der Waals surface area contributed by atoms with Gasteiger partial charge in [-0.1, -0.05) is 12.1 Å². The van der Waals surface area contributed by atoms with Gasteiger partial charge in [0.2, 0.25) is 0 Å². The average molecular weight is 339 g/mol. The molecular formula is C18H17N3O2S. The number of hydrogen-bond acceptors (Lipinski definition) is 5. The number of aryl methyl sites for hydroxylation is 1. The predicted octanol–water partition coefficient (Wildman–Crippen LogP) is 3.92. The van der Waals surface area contributed by atoms with Gasteiger partial charge in [0.05, 0.1) is 5.69 Å². The molecule has 1 atom stereocenters. The van der Waals surface area contributed by atoms with Gasteiger partial charge in [0, 0.05) is 23.3 Å². The van der Waals surface area contributed by atoms with Gasteiger partial charge in [-0.2, -0.15) is 0 Å². The third-order valence-electron chi connectivity index (χ3n) is 3.38. The molecule has 0 aliphatic heterocycles. The first-order valence-electron chi connectivity index (χ1n) is 7.52. The van der Waals surface area contributed by atoms with Crippen molar-refractivity contribution in [2.45, 2.75) is 20.0 Å². The quantitative estimate of drug-likeness (QED) is 0.765. The largest absolute Gasteiger partial charge is 0.481 e. The molecule has 3 aromatic rings. The third kappa shape index (κ3) is 3.97. The van der Waals surface area contributed by atoms with Crippen LogP contribution in [0, 0.1) is 6.92 Å². The summed E-state index contributed by atoms with van der Waals surface area (Å²) in [6, 6.07) is 11.4. The summed E-state index contributed by atoms with van der Waals surface area (Å²) >= 11 is 1.38. The van der Waals surface area contributed by atoms with E-state index in [1.807, 2.05) is 48.7 Å². The molecule has 0 bridgehead atoms. The Balaban J connectivity index is 1.63. The van der Waals surface area contributed by atoms with Crippen LogP contribution in [0.15, 0.2) is 54.2 Å². The average Bonchev–Trinajstić information content (AvgIpc) is 3.04. The first-order valence-corrected chi connectivity index (χ1v) is 8.40. The molecule has 5 nitrogen and oxygen atoms in total. The van der Waals surface area contributed by atoms with Crippen LogP contribution in [0.5, 0.6) is 5.75 Å². The van der Waals surface area contributed by atoms with Gasteiger partial charge < -0.3 is 4.74 Å². The third-order valence-corrected chi connectivity index (χ3v) is 4.14. The number of carbonyl (C=O) groups is 1. The van der Waals surface area contributed by atoms with Crippen LogP contribution in [0.1, 0.15) is 12.5 Å². The number of aromatic nitrogens is 2. The van der Waals surface area contributed by atoms with Crippen molar-refractivity contribution in [2.75, 3.05) is 5.32 Å². The first-order chi connectivity index (χ1) is 11.6. The SMILES string of the molecule is Cc1cccc(OC(C)C(=O)Nc2nc(-c3ccncc3)cs2)c1. The molecule has 0 saturated heterocycles. The number of rotatable bonds is 5.